The quantitative estimate of drug-likeness (QED) is 0.679. The molecular formula is C9H15NO3. The van der Waals surface area contributed by atoms with E-state index in [2.05, 4.69) is 5.32 Å². The van der Waals surface area contributed by atoms with Gasteiger partial charge in [0.1, 0.15) is 0 Å². The van der Waals surface area contributed by atoms with Crippen LogP contribution in [-0.4, -0.2) is 23.0 Å². The molecule has 0 aromatic carbocycles. The molecule has 4 nitrogen and oxygen atoms in total. The summed E-state index contributed by atoms with van der Waals surface area (Å²) in [6, 6.07) is 0.295. The number of carbonyl (C=O) groups excluding carboxylic acids is 1. The highest BCUT2D eigenvalue weighted by molar-refractivity contribution is 5.83. The number of nitrogens with one attached hydrogen (secondary N) is 1. The van der Waals surface area contributed by atoms with Crippen molar-refractivity contribution in [3.8, 4) is 0 Å². The molecule has 13 heavy (non-hydrogen) atoms. The van der Waals surface area contributed by atoms with Gasteiger partial charge in [0, 0.05) is 12.0 Å². The minimum Gasteiger partial charge on any atom is -0.481 e. The molecule has 0 aromatic rings. The Bertz CT molecular complexity index is 211. The van der Waals surface area contributed by atoms with Crippen molar-refractivity contribution in [2.45, 2.75) is 38.6 Å². The third kappa shape index (κ3) is 3.05. The van der Waals surface area contributed by atoms with Gasteiger partial charge >= 0.3 is 5.97 Å². The summed E-state index contributed by atoms with van der Waals surface area (Å²) in [4.78, 5) is 21.6. The van der Waals surface area contributed by atoms with Crippen LogP contribution in [0.4, 0.5) is 0 Å². The summed E-state index contributed by atoms with van der Waals surface area (Å²) in [5.74, 6) is -1.47. The Morgan fingerprint density at radius 1 is 1.54 bits per heavy atom. The number of aliphatic carboxylic acids is 1. The van der Waals surface area contributed by atoms with Crippen LogP contribution in [-0.2, 0) is 9.59 Å². The topological polar surface area (TPSA) is 66.4 Å². The molecule has 0 saturated heterocycles. The van der Waals surface area contributed by atoms with Gasteiger partial charge in [-0.2, -0.15) is 0 Å². The summed E-state index contributed by atoms with van der Waals surface area (Å²) in [6.45, 7) is 1.64. The number of rotatable bonds is 4. The van der Waals surface area contributed by atoms with Gasteiger partial charge in [-0.3, -0.25) is 9.59 Å². The van der Waals surface area contributed by atoms with Crippen LogP contribution in [0.15, 0.2) is 0 Å². The van der Waals surface area contributed by atoms with Crippen molar-refractivity contribution < 1.29 is 14.7 Å². The van der Waals surface area contributed by atoms with E-state index in [1.165, 1.54) is 0 Å². The van der Waals surface area contributed by atoms with Crippen molar-refractivity contribution in [1.82, 2.24) is 5.32 Å². The summed E-state index contributed by atoms with van der Waals surface area (Å²) < 4.78 is 0. The van der Waals surface area contributed by atoms with Gasteiger partial charge in [-0.1, -0.05) is 6.92 Å². The summed E-state index contributed by atoms with van der Waals surface area (Å²) >= 11 is 0. The Hall–Kier alpha value is -1.06. The number of carboxylic acid groups (broad SMARTS) is 1. The van der Waals surface area contributed by atoms with E-state index in [9.17, 15) is 9.59 Å². The van der Waals surface area contributed by atoms with E-state index in [1.54, 1.807) is 6.92 Å². The maximum Gasteiger partial charge on any atom is 0.304 e. The lowest BCUT2D eigenvalue weighted by atomic mass is 9.92. The van der Waals surface area contributed by atoms with Crippen LogP contribution in [0.5, 0.6) is 0 Å². The molecule has 74 valence electrons. The van der Waals surface area contributed by atoms with Crippen LogP contribution < -0.4 is 5.32 Å². The first-order valence-corrected chi connectivity index (χ1v) is 4.61. The SMILES string of the molecule is CC(CC(=O)O)C(=O)NC1CCC1. The van der Waals surface area contributed by atoms with Crippen LogP contribution in [0.25, 0.3) is 0 Å². The highest BCUT2D eigenvalue weighted by Gasteiger charge is 2.23. The van der Waals surface area contributed by atoms with Crippen LogP contribution in [0.2, 0.25) is 0 Å². The number of amides is 1. The Balaban J connectivity index is 2.24. The van der Waals surface area contributed by atoms with Crippen LogP contribution in [0.1, 0.15) is 32.6 Å². The standard InChI is InChI=1S/C9H15NO3/c1-6(5-8(11)12)9(13)10-7-3-2-4-7/h6-7H,2-5H2,1H3,(H,10,13)(H,11,12). The van der Waals surface area contributed by atoms with Crippen LogP contribution in [0, 0.1) is 5.92 Å². The third-order valence-electron chi connectivity index (χ3n) is 2.38. The predicted octanol–water partition coefficient (Wildman–Crippen LogP) is 0.766. The summed E-state index contributed by atoms with van der Waals surface area (Å²) in [6.07, 6.45) is 3.15. The largest absolute Gasteiger partial charge is 0.481 e. The maximum atomic E-state index is 11.3. The molecule has 0 aromatic heterocycles. The lowest BCUT2D eigenvalue weighted by Gasteiger charge is -2.27. The van der Waals surface area contributed by atoms with Gasteiger partial charge in [-0.15, -0.1) is 0 Å². The van der Waals surface area contributed by atoms with E-state index < -0.39 is 11.9 Å². The summed E-state index contributed by atoms with van der Waals surface area (Å²) in [7, 11) is 0. The molecule has 1 rings (SSSR count). The molecule has 0 bridgehead atoms. The minimum atomic E-state index is -0.920. The van der Waals surface area contributed by atoms with E-state index in [0.29, 0.717) is 6.04 Å². The molecule has 0 radical (unpaired) electrons. The minimum absolute atomic E-state index is 0.0848. The fourth-order valence-corrected chi connectivity index (χ4v) is 1.25. The van der Waals surface area contributed by atoms with E-state index in [0.717, 1.165) is 19.3 Å². The first-order valence-electron chi connectivity index (χ1n) is 4.61. The van der Waals surface area contributed by atoms with Gasteiger partial charge < -0.3 is 10.4 Å². The average molecular weight is 185 g/mol. The highest BCUT2D eigenvalue weighted by Crippen LogP contribution is 2.18. The van der Waals surface area contributed by atoms with Crippen LogP contribution in [0.3, 0.4) is 0 Å². The predicted molar refractivity (Wildman–Crippen MR) is 47.2 cm³/mol. The molecule has 2 N–H and O–H groups in total. The van der Waals surface area contributed by atoms with Gasteiger partial charge in [-0.25, -0.2) is 0 Å². The second-order valence-electron chi connectivity index (χ2n) is 3.64. The maximum absolute atomic E-state index is 11.3. The molecule has 4 heteroatoms. The van der Waals surface area contributed by atoms with Crippen molar-refractivity contribution in [2.75, 3.05) is 0 Å². The molecule has 1 amide bonds. The molecule has 1 aliphatic rings. The monoisotopic (exact) mass is 185 g/mol. The molecule has 0 spiro atoms. The lowest BCUT2D eigenvalue weighted by Crippen LogP contribution is -2.42. The zero-order chi connectivity index (χ0) is 9.84. The highest BCUT2D eigenvalue weighted by atomic mass is 16.4. The fourth-order valence-electron chi connectivity index (χ4n) is 1.25. The summed E-state index contributed by atoms with van der Waals surface area (Å²) in [5.41, 5.74) is 0. The van der Waals surface area contributed by atoms with Gasteiger partial charge in [0.05, 0.1) is 6.42 Å². The third-order valence-corrected chi connectivity index (χ3v) is 2.38. The smallest absolute Gasteiger partial charge is 0.304 e. The van der Waals surface area contributed by atoms with Gasteiger partial charge in [0.15, 0.2) is 0 Å². The second kappa shape index (κ2) is 4.25. The Morgan fingerprint density at radius 3 is 2.54 bits per heavy atom. The van der Waals surface area contributed by atoms with E-state index in [1.807, 2.05) is 0 Å². The normalized spacial score (nSPS) is 18.8. The van der Waals surface area contributed by atoms with Gasteiger partial charge in [0.2, 0.25) is 5.91 Å². The van der Waals surface area contributed by atoms with Crippen molar-refractivity contribution in [3.63, 3.8) is 0 Å². The Morgan fingerprint density at radius 2 is 2.15 bits per heavy atom. The van der Waals surface area contributed by atoms with E-state index in [4.69, 9.17) is 5.11 Å². The van der Waals surface area contributed by atoms with Crippen molar-refractivity contribution in [3.05, 3.63) is 0 Å². The fraction of sp³-hybridized carbons (Fsp3) is 0.778. The number of carbonyl (C=O) groups is 2. The van der Waals surface area contributed by atoms with Crippen LogP contribution >= 0.6 is 0 Å². The van der Waals surface area contributed by atoms with E-state index in [-0.39, 0.29) is 12.3 Å². The number of carboxylic acids is 1. The Kier molecular flexibility index (Phi) is 3.28. The number of hydrogen-bond donors (Lipinski definition) is 2. The molecule has 1 unspecified atom stereocenters. The Labute approximate surface area is 77.3 Å². The lowest BCUT2D eigenvalue weighted by molar-refractivity contribution is -0.141. The van der Waals surface area contributed by atoms with Crippen molar-refractivity contribution in [2.24, 2.45) is 5.92 Å². The van der Waals surface area contributed by atoms with Crippen molar-refractivity contribution >= 4 is 11.9 Å². The van der Waals surface area contributed by atoms with Gasteiger partial charge in [-0.05, 0) is 19.3 Å². The molecule has 0 aliphatic heterocycles. The zero-order valence-electron chi connectivity index (χ0n) is 7.75. The van der Waals surface area contributed by atoms with Crippen molar-refractivity contribution in [1.29, 1.82) is 0 Å². The molecule has 1 saturated carbocycles. The average Bonchev–Trinajstić information content (AvgIpc) is 1.94. The molecular weight excluding hydrogens is 170 g/mol. The molecule has 1 atom stereocenters. The first kappa shape index (κ1) is 10.0. The molecule has 0 heterocycles. The molecule has 1 aliphatic carbocycles. The first-order chi connectivity index (χ1) is 6.09. The zero-order valence-corrected chi connectivity index (χ0v) is 7.75. The molecule has 1 fully saturated rings. The number of hydrogen-bond acceptors (Lipinski definition) is 2. The van der Waals surface area contributed by atoms with Gasteiger partial charge in [0.25, 0.3) is 0 Å². The van der Waals surface area contributed by atoms with E-state index >= 15 is 0 Å². The second-order valence-corrected chi connectivity index (χ2v) is 3.64. The summed E-state index contributed by atoms with van der Waals surface area (Å²) in [5, 5.41) is 11.3.